The van der Waals surface area contributed by atoms with Crippen molar-refractivity contribution in [3.05, 3.63) is 23.8 Å². The molecule has 3 rings (SSSR count). The molecule has 18 heavy (non-hydrogen) atoms. The maximum absolute atomic E-state index is 5.57. The van der Waals surface area contributed by atoms with E-state index in [1.807, 2.05) is 12.1 Å². The molecule has 5 heteroatoms. The van der Waals surface area contributed by atoms with E-state index in [2.05, 4.69) is 19.0 Å². The minimum Gasteiger partial charge on any atom is -0.454 e. The molecule has 0 atom stereocenters. The molecule has 1 aromatic carbocycles. The van der Waals surface area contributed by atoms with Crippen molar-refractivity contribution in [3.8, 4) is 22.8 Å². The van der Waals surface area contributed by atoms with E-state index in [4.69, 9.17) is 19.7 Å². The van der Waals surface area contributed by atoms with Gasteiger partial charge >= 0.3 is 0 Å². The fraction of sp³-hybridized carbons (Fsp3) is 0.308. The number of nitrogens with two attached hydrogens (primary N) is 1. The third kappa shape index (κ3) is 1.59. The molecular weight excluding hydrogens is 232 g/mol. The van der Waals surface area contributed by atoms with Crippen LogP contribution in [0.1, 0.15) is 25.3 Å². The lowest BCUT2D eigenvalue weighted by molar-refractivity contribution is 0.173. The smallest absolute Gasteiger partial charge is 0.231 e. The van der Waals surface area contributed by atoms with Crippen LogP contribution in [0, 0.1) is 0 Å². The fourth-order valence-corrected chi connectivity index (χ4v) is 2.21. The number of benzene rings is 1. The quantitative estimate of drug-likeness (QED) is 0.882. The lowest BCUT2D eigenvalue weighted by Gasteiger charge is -2.13. The van der Waals surface area contributed by atoms with Crippen LogP contribution >= 0.6 is 0 Å². The monoisotopic (exact) mass is 246 g/mol. The number of nitrogens with zero attached hydrogens (tertiary/aromatic N) is 1. The minimum absolute atomic E-state index is 0.263. The lowest BCUT2D eigenvalue weighted by atomic mass is 9.94. The number of anilines is 1. The van der Waals surface area contributed by atoms with Crippen molar-refractivity contribution >= 4 is 5.88 Å². The zero-order chi connectivity index (χ0) is 12.7. The standard InChI is InChI=1S/C13H14N2O3/c1-7(2)12-8(9-5-11(14)18-15-9)3-4-10-13(12)17-6-16-10/h3-5,7H,6,14H2,1-2H3. The minimum atomic E-state index is 0.263. The zero-order valence-electron chi connectivity index (χ0n) is 10.3. The van der Waals surface area contributed by atoms with E-state index in [0.717, 1.165) is 28.3 Å². The third-order valence-corrected chi connectivity index (χ3v) is 2.96. The van der Waals surface area contributed by atoms with Crippen LogP contribution in [0.25, 0.3) is 11.3 Å². The first-order valence-corrected chi connectivity index (χ1v) is 5.82. The molecule has 0 saturated heterocycles. The SMILES string of the molecule is CC(C)c1c(-c2cc(N)on2)ccc2c1OCO2. The molecule has 0 aliphatic carbocycles. The normalized spacial score (nSPS) is 13.3. The number of fused-ring (bicyclic) bond motifs is 1. The molecule has 2 aromatic rings. The second-order valence-electron chi connectivity index (χ2n) is 4.53. The van der Waals surface area contributed by atoms with Gasteiger partial charge in [-0.2, -0.15) is 0 Å². The number of hydrogen-bond donors (Lipinski definition) is 1. The molecule has 0 unspecified atom stereocenters. The number of hydrogen-bond acceptors (Lipinski definition) is 5. The van der Waals surface area contributed by atoms with Gasteiger partial charge in [0.25, 0.3) is 0 Å². The summed E-state index contributed by atoms with van der Waals surface area (Å²) < 4.78 is 15.9. The second kappa shape index (κ2) is 3.94. The van der Waals surface area contributed by atoms with Crippen LogP contribution in [0.4, 0.5) is 5.88 Å². The lowest BCUT2D eigenvalue weighted by Crippen LogP contribution is -1.97. The molecule has 2 N–H and O–H groups in total. The summed E-state index contributed by atoms with van der Waals surface area (Å²) >= 11 is 0. The molecule has 1 aliphatic heterocycles. The van der Waals surface area contributed by atoms with E-state index in [9.17, 15) is 0 Å². The number of aromatic nitrogens is 1. The molecule has 0 radical (unpaired) electrons. The Bertz CT molecular complexity index is 590. The molecule has 2 heterocycles. The Balaban J connectivity index is 2.21. The molecule has 5 nitrogen and oxygen atoms in total. The van der Waals surface area contributed by atoms with Crippen LogP contribution in [0.2, 0.25) is 0 Å². The molecule has 0 bridgehead atoms. The van der Waals surface area contributed by atoms with E-state index in [0.29, 0.717) is 5.88 Å². The average molecular weight is 246 g/mol. The highest BCUT2D eigenvalue weighted by Crippen LogP contribution is 2.44. The van der Waals surface area contributed by atoms with Crippen LogP contribution in [0.3, 0.4) is 0 Å². The van der Waals surface area contributed by atoms with Crippen LogP contribution < -0.4 is 15.2 Å². The van der Waals surface area contributed by atoms with Gasteiger partial charge in [0.15, 0.2) is 11.5 Å². The zero-order valence-corrected chi connectivity index (χ0v) is 10.3. The predicted molar refractivity (Wildman–Crippen MR) is 66.6 cm³/mol. The molecule has 94 valence electrons. The van der Waals surface area contributed by atoms with Crippen LogP contribution in [-0.2, 0) is 0 Å². The summed E-state index contributed by atoms with van der Waals surface area (Å²) in [7, 11) is 0. The Morgan fingerprint density at radius 1 is 1.28 bits per heavy atom. The van der Waals surface area contributed by atoms with Gasteiger partial charge in [-0.25, -0.2) is 0 Å². The molecular formula is C13H14N2O3. The fourth-order valence-electron chi connectivity index (χ4n) is 2.21. The van der Waals surface area contributed by atoms with Crippen LogP contribution in [-0.4, -0.2) is 11.9 Å². The van der Waals surface area contributed by atoms with Gasteiger partial charge in [-0.1, -0.05) is 19.0 Å². The second-order valence-corrected chi connectivity index (χ2v) is 4.53. The Kier molecular flexibility index (Phi) is 2.40. The summed E-state index contributed by atoms with van der Waals surface area (Å²) in [6.07, 6.45) is 0. The number of ether oxygens (including phenoxy) is 2. The van der Waals surface area contributed by atoms with Gasteiger partial charge in [0, 0.05) is 17.2 Å². The van der Waals surface area contributed by atoms with Crippen molar-refractivity contribution < 1.29 is 14.0 Å². The van der Waals surface area contributed by atoms with Crippen molar-refractivity contribution in [2.75, 3.05) is 12.5 Å². The average Bonchev–Trinajstić information content (AvgIpc) is 2.95. The van der Waals surface area contributed by atoms with Crippen LogP contribution in [0.15, 0.2) is 22.7 Å². The van der Waals surface area contributed by atoms with Gasteiger partial charge in [0.2, 0.25) is 12.7 Å². The van der Waals surface area contributed by atoms with E-state index in [1.54, 1.807) is 6.07 Å². The number of rotatable bonds is 2. The highest BCUT2D eigenvalue weighted by atomic mass is 16.7. The van der Waals surface area contributed by atoms with Crippen molar-refractivity contribution in [1.82, 2.24) is 5.16 Å². The summed E-state index contributed by atoms with van der Waals surface area (Å²) in [6.45, 7) is 4.47. The Morgan fingerprint density at radius 2 is 2.11 bits per heavy atom. The van der Waals surface area contributed by atoms with Crippen molar-refractivity contribution in [3.63, 3.8) is 0 Å². The molecule has 0 saturated carbocycles. The van der Waals surface area contributed by atoms with Gasteiger partial charge in [0.1, 0.15) is 5.69 Å². The summed E-state index contributed by atoms with van der Waals surface area (Å²) in [5.74, 6) is 2.16. The van der Waals surface area contributed by atoms with E-state index < -0.39 is 0 Å². The summed E-state index contributed by atoms with van der Waals surface area (Å²) in [4.78, 5) is 0. The van der Waals surface area contributed by atoms with E-state index in [1.165, 1.54) is 0 Å². The van der Waals surface area contributed by atoms with E-state index >= 15 is 0 Å². The summed E-state index contributed by atoms with van der Waals surface area (Å²) in [5.41, 5.74) is 8.32. The third-order valence-electron chi connectivity index (χ3n) is 2.96. The highest BCUT2D eigenvalue weighted by molar-refractivity contribution is 5.72. The highest BCUT2D eigenvalue weighted by Gasteiger charge is 2.24. The Morgan fingerprint density at radius 3 is 2.78 bits per heavy atom. The largest absolute Gasteiger partial charge is 0.454 e. The van der Waals surface area contributed by atoms with Gasteiger partial charge in [-0.15, -0.1) is 0 Å². The predicted octanol–water partition coefficient (Wildman–Crippen LogP) is 2.78. The Labute approximate surface area is 104 Å². The maximum atomic E-state index is 5.57. The number of nitrogen functional groups attached to an aromatic ring is 1. The van der Waals surface area contributed by atoms with Gasteiger partial charge in [-0.3, -0.25) is 0 Å². The maximum Gasteiger partial charge on any atom is 0.231 e. The van der Waals surface area contributed by atoms with Gasteiger partial charge in [0.05, 0.1) is 0 Å². The summed E-state index contributed by atoms with van der Waals surface area (Å²) in [5, 5.41) is 3.96. The summed E-state index contributed by atoms with van der Waals surface area (Å²) in [6, 6.07) is 5.55. The topological polar surface area (TPSA) is 70.5 Å². The first-order valence-electron chi connectivity index (χ1n) is 5.82. The molecule has 1 aromatic heterocycles. The molecule has 1 aliphatic rings. The molecule has 0 amide bonds. The Hall–Kier alpha value is -2.17. The van der Waals surface area contributed by atoms with Crippen LogP contribution in [0.5, 0.6) is 11.5 Å². The van der Waals surface area contributed by atoms with Gasteiger partial charge < -0.3 is 19.7 Å². The van der Waals surface area contributed by atoms with Gasteiger partial charge in [-0.05, 0) is 18.1 Å². The van der Waals surface area contributed by atoms with Crippen molar-refractivity contribution in [2.24, 2.45) is 0 Å². The van der Waals surface area contributed by atoms with Crippen molar-refractivity contribution in [2.45, 2.75) is 19.8 Å². The first kappa shape index (κ1) is 11.0. The van der Waals surface area contributed by atoms with E-state index in [-0.39, 0.29) is 12.7 Å². The molecule has 0 fully saturated rings. The first-order chi connectivity index (χ1) is 8.66. The molecule has 0 spiro atoms. The van der Waals surface area contributed by atoms with Crippen molar-refractivity contribution in [1.29, 1.82) is 0 Å².